The summed E-state index contributed by atoms with van der Waals surface area (Å²) in [6, 6.07) is 12.1. The molecule has 2 amide bonds. The maximum Gasteiger partial charge on any atom is 0.322 e. The number of para-hydroxylation sites is 1. The summed E-state index contributed by atoms with van der Waals surface area (Å²) in [6.45, 7) is 1.38. The molecule has 0 bridgehead atoms. The molecule has 3 rings (SSSR count). The second-order valence-electron chi connectivity index (χ2n) is 4.27. The Morgan fingerprint density at radius 2 is 2.17 bits per heavy atom. The van der Waals surface area contributed by atoms with Gasteiger partial charge in [0.25, 0.3) is 0 Å². The fourth-order valence-electron chi connectivity index (χ4n) is 2.22. The van der Waals surface area contributed by atoms with Crippen LogP contribution < -0.4 is 10.2 Å². The van der Waals surface area contributed by atoms with Gasteiger partial charge in [0.1, 0.15) is 0 Å². The Morgan fingerprint density at radius 3 is 3.00 bits per heavy atom. The van der Waals surface area contributed by atoms with Crippen LogP contribution in [0, 0.1) is 0 Å². The van der Waals surface area contributed by atoms with Crippen molar-refractivity contribution < 1.29 is 4.79 Å². The topological polar surface area (TPSA) is 32.3 Å². The van der Waals surface area contributed by atoms with Gasteiger partial charge >= 0.3 is 6.03 Å². The number of amides is 2. The first-order valence-corrected chi connectivity index (χ1v) is 6.88. The molecule has 0 aliphatic carbocycles. The molecule has 2 aromatic rings. The van der Waals surface area contributed by atoms with E-state index in [1.54, 1.807) is 11.3 Å². The van der Waals surface area contributed by atoms with Crippen molar-refractivity contribution in [2.75, 3.05) is 11.4 Å². The SMILES string of the molecule is O=C(NCc1cccs1)N1CCc2ccccc21. The van der Waals surface area contributed by atoms with Crippen LogP contribution in [0.2, 0.25) is 0 Å². The third kappa shape index (κ3) is 2.11. The highest BCUT2D eigenvalue weighted by Gasteiger charge is 2.23. The first kappa shape index (κ1) is 11.3. The summed E-state index contributed by atoms with van der Waals surface area (Å²) in [5, 5.41) is 4.99. The summed E-state index contributed by atoms with van der Waals surface area (Å²) in [5.74, 6) is 0. The second kappa shape index (κ2) is 4.82. The van der Waals surface area contributed by atoms with Crippen molar-refractivity contribution >= 4 is 23.1 Å². The minimum absolute atomic E-state index is 0.00616. The molecule has 1 N–H and O–H groups in total. The van der Waals surface area contributed by atoms with Crippen LogP contribution in [0.25, 0.3) is 0 Å². The second-order valence-corrected chi connectivity index (χ2v) is 5.30. The molecule has 0 atom stereocenters. The lowest BCUT2D eigenvalue weighted by atomic mass is 10.2. The predicted octanol–water partition coefficient (Wildman–Crippen LogP) is 3.02. The standard InChI is InChI=1S/C14H14N2OS/c17-14(15-10-12-5-3-9-18-12)16-8-7-11-4-1-2-6-13(11)16/h1-6,9H,7-8,10H2,(H,15,17). The number of hydrogen-bond donors (Lipinski definition) is 1. The van der Waals surface area contributed by atoms with E-state index in [2.05, 4.69) is 11.4 Å². The van der Waals surface area contributed by atoms with Crippen LogP contribution in [-0.2, 0) is 13.0 Å². The van der Waals surface area contributed by atoms with Crippen LogP contribution in [0.1, 0.15) is 10.4 Å². The Kier molecular flexibility index (Phi) is 3.02. The lowest BCUT2D eigenvalue weighted by molar-refractivity contribution is 0.246. The largest absolute Gasteiger partial charge is 0.333 e. The lowest BCUT2D eigenvalue weighted by Crippen LogP contribution is -2.38. The van der Waals surface area contributed by atoms with Gasteiger partial charge in [-0.25, -0.2) is 4.79 Å². The van der Waals surface area contributed by atoms with Crippen molar-refractivity contribution in [1.82, 2.24) is 5.32 Å². The van der Waals surface area contributed by atoms with Gasteiger partial charge in [-0.2, -0.15) is 0 Å². The quantitative estimate of drug-likeness (QED) is 0.882. The zero-order chi connectivity index (χ0) is 12.4. The zero-order valence-electron chi connectivity index (χ0n) is 9.93. The molecule has 0 fully saturated rings. The van der Waals surface area contributed by atoms with E-state index < -0.39 is 0 Å². The van der Waals surface area contributed by atoms with E-state index in [0.29, 0.717) is 6.54 Å². The third-order valence-electron chi connectivity index (χ3n) is 3.13. The molecule has 1 aliphatic heterocycles. The highest BCUT2D eigenvalue weighted by molar-refractivity contribution is 7.09. The number of benzene rings is 1. The van der Waals surface area contributed by atoms with Crippen molar-refractivity contribution in [3.05, 3.63) is 52.2 Å². The van der Waals surface area contributed by atoms with Crippen LogP contribution in [0.5, 0.6) is 0 Å². The van der Waals surface area contributed by atoms with Crippen LogP contribution in [0.15, 0.2) is 41.8 Å². The molecule has 0 saturated heterocycles. The Hall–Kier alpha value is -1.81. The van der Waals surface area contributed by atoms with Gasteiger partial charge in [-0.3, -0.25) is 4.90 Å². The summed E-state index contributed by atoms with van der Waals surface area (Å²) in [4.78, 5) is 15.1. The Balaban J connectivity index is 1.67. The number of rotatable bonds is 2. The monoisotopic (exact) mass is 258 g/mol. The minimum atomic E-state index is -0.00616. The molecule has 0 spiro atoms. The number of fused-ring (bicyclic) bond motifs is 1. The summed E-state index contributed by atoms with van der Waals surface area (Å²) in [6.07, 6.45) is 0.947. The Labute approximate surface area is 110 Å². The van der Waals surface area contributed by atoms with E-state index >= 15 is 0 Å². The number of hydrogen-bond acceptors (Lipinski definition) is 2. The van der Waals surface area contributed by atoms with Gasteiger partial charge in [0.05, 0.1) is 6.54 Å². The molecule has 0 unspecified atom stereocenters. The van der Waals surface area contributed by atoms with Crippen molar-refractivity contribution in [3.63, 3.8) is 0 Å². The zero-order valence-corrected chi connectivity index (χ0v) is 10.7. The first-order chi connectivity index (χ1) is 8.84. The summed E-state index contributed by atoms with van der Waals surface area (Å²) in [5.41, 5.74) is 2.30. The molecule has 0 radical (unpaired) electrons. The number of carbonyl (C=O) groups is 1. The fraction of sp³-hybridized carbons (Fsp3) is 0.214. The molecule has 1 aromatic heterocycles. The highest BCUT2D eigenvalue weighted by Crippen LogP contribution is 2.27. The van der Waals surface area contributed by atoms with Gasteiger partial charge < -0.3 is 5.32 Å². The molecule has 92 valence electrons. The first-order valence-electron chi connectivity index (χ1n) is 6.00. The van der Waals surface area contributed by atoms with Crippen LogP contribution in [0.4, 0.5) is 10.5 Å². The number of anilines is 1. The van der Waals surface area contributed by atoms with Gasteiger partial charge in [0, 0.05) is 17.1 Å². The number of urea groups is 1. The molecule has 0 saturated carbocycles. The number of nitrogens with zero attached hydrogens (tertiary/aromatic N) is 1. The summed E-state index contributed by atoms with van der Waals surface area (Å²) >= 11 is 1.66. The van der Waals surface area contributed by atoms with Gasteiger partial charge in [0.15, 0.2) is 0 Å². The molecule has 18 heavy (non-hydrogen) atoms. The van der Waals surface area contributed by atoms with E-state index in [0.717, 1.165) is 18.7 Å². The number of nitrogens with one attached hydrogen (secondary N) is 1. The van der Waals surface area contributed by atoms with Crippen molar-refractivity contribution in [1.29, 1.82) is 0 Å². The van der Waals surface area contributed by atoms with Crippen molar-refractivity contribution in [2.45, 2.75) is 13.0 Å². The van der Waals surface area contributed by atoms with Crippen molar-refractivity contribution in [3.8, 4) is 0 Å². The molecule has 1 aromatic carbocycles. The van der Waals surface area contributed by atoms with Gasteiger partial charge in [-0.05, 0) is 29.5 Å². The van der Waals surface area contributed by atoms with Gasteiger partial charge in [-0.15, -0.1) is 11.3 Å². The van der Waals surface area contributed by atoms with Crippen LogP contribution in [0.3, 0.4) is 0 Å². The predicted molar refractivity (Wildman–Crippen MR) is 74.0 cm³/mol. The molecule has 1 aliphatic rings. The minimum Gasteiger partial charge on any atom is -0.333 e. The average Bonchev–Trinajstić information content (AvgIpc) is 3.05. The highest BCUT2D eigenvalue weighted by atomic mass is 32.1. The normalized spacial score (nSPS) is 13.4. The van der Waals surface area contributed by atoms with E-state index in [1.807, 2.05) is 40.6 Å². The van der Waals surface area contributed by atoms with E-state index in [1.165, 1.54) is 10.4 Å². The third-order valence-corrected chi connectivity index (χ3v) is 4.00. The molecular weight excluding hydrogens is 244 g/mol. The fourth-order valence-corrected chi connectivity index (χ4v) is 2.87. The van der Waals surface area contributed by atoms with Crippen LogP contribution in [-0.4, -0.2) is 12.6 Å². The lowest BCUT2D eigenvalue weighted by Gasteiger charge is -2.17. The Morgan fingerprint density at radius 1 is 1.28 bits per heavy atom. The van der Waals surface area contributed by atoms with E-state index in [4.69, 9.17) is 0 Å². The van der Waals surface area contributed by atoms with Crippen LogP contribution >= 0.6 is 11.3 Å². The molecule has 2 heterocycles. The molecule has 3 nitrogen and oxygen atoms in total. The maximum atomic E-state index is 12.1. The van der Waals surface area contributed by atoms with E-state index in [9.17, 15) is 4.79 Å². The average molecular weight is 258 g/mol. The Bertz CT molecular complexity index is 551. The summed E-state index contributed by atoms with van der Waals surface area (Å²) < 4.78 is 0. The summed E-state index contributed by atoms with van der Waals surface area (Å²) in [7, 11) is 0. The number of thiophene rings is 1. The van der Waals surface area contributed by atoms with E-state index in [-0.39, 0.29) is 6.03 Å². The number of carbonyl (C=O) groups excluding carboxylic acids is 1. The van der Waals surface area contributed by atoms with Gasteiger partial charge in [0.2, 0.25) is 0 Å². The maximum absolute atomic E-state index is 12.1. The smallest absolute Gasteiger partial charge is 0.322 e. The van der Waals surface area contributed by atoms with Crippen molar-refractivity contribution in [2.24, 2.45) is 0 Å². The molecule has 4 heteroatoms. The van der Waals surface area contributed by atoms with Gasteiger partial charge in [-0.1, -0.05) is 24.3 Å². The molecular formula is C14H14N2OS.